The van der Waals surface area contributed by atoms with Crippen LogP contribution in [0, 0.1) is 0 Å². The lowest BCUT2D eigenvalue weighted by atomic mass is 10.2. The first-order valence-electron chi connectivity index (χ1n) is 9.74. The second-order valence-corrected chi connectivity index (χ2v) is 6.48. The molecule has 0 radical (unpaired) electrons. The minimum atomic E-state index is 0.695. The molecule has 1 N–H and O–H groups in total. The fraction of sp³-hybridized carbons (Fsp3) is 0.650. The molecule has 6 heteroatoms. The Bertz CT molecular complexity index is 527. The summed E-state index contributed by atoms with van der Waals surface area (Å²) < 4.78 is 10.9. The van der Waals surface area contributed by atoms with Crippen LogP contribution in [-0.2, 0) is 11.3 Å². The van der Waals surface area contributed by atoms with Crippen LogP contribution >= 0.6 is 0 Å². The molecule has 6 nitrogen and oxygen atoms in total. The van der Waals surface area contributed by atoms with Crippen LogP contribution in [0.2, 0.25) is 0 Å². The molecule has 1 aromatic rings. The molecule has 0 amide bonds. The highest BCUT2D eigenvalue weighted by Gasteiger charge is 2.10. The van der Waals surface area contributed by atoms with E-state index in [2.05, 4.69) is 41.2 Å². The van der Waals surface area contributed by atoms with Gasteiger partial charge >= 0.3 is 0 Å². The van der Waals surface area contributed by atoms with E-state index in [-0.39, 0.29) is 0 Å². The van der Waals surface area contributed by atoms with Crippen LogP contribution in [0.4, 0.5) is 0 Å². The third-order valence-corrected chi connectivity index (χ3v) is 4.35. The van der Waals surface area contributed by atoms with Crippen molar-refractivity contribution in [2.24, 2.45) is 4.99 Å². The van der Waals surface area contributed by atoms with Crippen molar-refractivity contribution >= 4 is 5.96 Å². The summed E-state index contributed by atoms with van der Waals surface area (Å²) in [6.45, 7) is 12.2. The number of aliphatic imine (C=N–C) groups is 1. The van der Waals surface area contributed by atoms with E-state index < -0.39 is 0 Å². The zero-order chi connectivity index (χ0) is 18.6. The molecule has 0 unspecified atom stereocenters. The highest BCUT2D eigenvalue weighted by atomic mass is 16.5. The van der Waals surface area contributed by atoms with Gasteiger partial charge in [0.2, 0.25) is 0 Å². The maximum atomic E-state index is 5.51. The molecule has 26 heavy (non-hydrogen) atoms. The molecule has 1 heterocycles. The van der Waals surface area contributed by atoms with Gasteiger partial charge in [-0.3, -0.25) is 9.89 Å². The van der Waals surface area contributed by atoms with E-state index in [4.69, 9.17) is 14.5 Å². The van der Waals surface area contributed by atoms with Gasteiger partial charge in [0.25, 0.3) is 0 Å². The van der Waals surface area contributed by atoms with Crippen LogP contribution in [0.25, 0.3) is 0 Å². The summed E-state index contributed by atoms with van der Waals surface area (Å²) in [5, 5.41) is 3.39. The van der Waals surface area contributed by atoms with E-state index in [0.717, 1.165) is 70.6 Å². The van der Waals surface area contributed by atoms with E-state index in [0.29, 0.717) is 6.61 Å². The second-order valence-electron chi connectivity index (χ2n) is 6.48. The van der Waals surface area contributed by atoms with Gasteiger partial charge in [-0.25, -0.2) is 0 Å². The van der Waals surface area contributed by atoms with Crippen molar-refractivity contribution in [1.82, 2.24) is 15.1 Å². The topological polar surface area (TPSA) is 49.3 Å². The highest BCUT2D eigenvalue weighted by molar-refractivity contribution is 5.79. The maximum absolute atomic E-state index is 5.51. The van der Waals surface area contributed by atoms with Crippen LogP contribution in [-0.4, -0.2) is 75.4 Å². The zero-order valence-corrected chi connectivity index (χ0v) is 16.5. The van der Waals surface area contributed by atoms with Crippen LogP contribution < -0.4 is 10.1 Å². The number of benzene rings is 1. The van der Waals surface area contributed by atoms with Gasteiger partial charge in [0, 0.05) is 46.3 Å². The van der Waals surface area contributed by atoms with E-state index in [1.54, 1.807) is 0 Å². The third-order valence-electron chi connectivity index (χ3n) is 4.35. The molecule has 0 aromatic heterocycles. The number of guanidine groups is 1. The first kappa shape index (κ1) is 20.5. The fourth-order valence-corrected chi connectivity index (χ4v) is 2.98. The number of nitrogens with one attached hydrogen (secondary N) is 1. The van der Waals surface area contributed by atoms with Crippen LogP contribution in [0.5, 0.6) is 5.75 Å². The minimum Gasteiger partial charge on any atom is -0.494 e. The first-order valence-corrected chi connectivity index (χ1v) is 9.74. The molecule has 2 rings (SSSR count). The van der Waals surface area contributed by atoms with Gasteiger partial charge < -0.3 is 19.7 Å². The normalized spacial score (nSPS) is 15.7. The van der Waals surface area contributed by atoms with Gasteiger partial charge in [0.15, 0.2) is 5.96 Å². The van der Waals surface area contributed by atoms with Crippen molar-refractivity contribution in [3.05, 3.63) is 29.8 Å². The Morgan fingerprint density at radius 3 is 2.62 bits per heavy atom. The monoisotopic (exact) mass is 362 g/mol. The van der Waals surface area contributed by atoms with Crippen molar-refractivity contribution in [3.8, 4) is 5.75 Å². The fourth-order valence-electron chi connectivity index (χ4n) is 2.98. The Morgan fingerprint density at radius 2 is 1.96 bits per heavy atom. The third kappa shape index (κ3) is 7.22. The Labute approximate surface area is 158 Å². The summed E-state index contributed by atoms with van der Waals surface area (Å²) in [6, 6.07) is 8.28. The summed E-state index contributed by atoms with van der Waals surface area (Å²) in [5.41, 5.74) is 1.25. The molecule has 1 aliphatic rings. The lowest BCUT2D eigenvalue weighted by molar-refractivity contribution is 0.0377. The number of hydrogen-bond donors (Lipinski definition) is 1. The Hall–Kier alpha value is -1.79. The highest BCUT2D eigenvalue weighted by Crippen LogP contribution is 2.13. The van der Waals surface area contributed by atoms with Crippen molar-refractivity contribution in [1.29, 1.82) is 0 Å². The number of rotatable bonds is 9. The number of ether oxygens (including phenoxy) is 2. The first-order chi connectivity index (χ1) is 12.7. The zero-order valence-electron chi connectivity index (χ0n) is 16.5. The summed E-state index contributed by atoms with van der Waals surface area (Å²) >= 11 is 0. The molecule has 1 saturated heterocycles. The van der Waals surface area contributed by atoms with E-state index in [9.17, 15) is 0 Å². The second kappa shape index (κ2) is 11.8. The van der Waals surface area contributed by atoms with Crippen LogP contribution in [0.15, 0.2) is 29.3 Å². The lowest BCUT2D eigenvalue weighted by Gasteiger charge is -2.26. The van der Waals surface area contributed by atoms with Crippen LogP contribution in [0.1, 0.15) is 25.8 Å². The van der Waals surface area contributed by atoms with Crippen molar-refractivity contribution < 1.29 is 9.47 Å². The predicted molar refractivity (Wildman–Crippen MR) is 107 cm³/mol. The molecular weight excluding hydrogens is 328 g/mol. The summed E-state index contributed by atoms with van der Waals surface area (Å²) in [7, 11) is 2.08. The molecule has 0 saturated carbocycles. The Morgan fingerprint density at radius 1 is 1.23 bits per heavy atom. The predicted octanol–water partition coefficient (Wildman–Crippen LogP) is 2.20. The summed E-state index contributed by atoms with van der Waals surface area (Å²) in [5.74, 6) is 1.88. The quantitative estimate of drug-likeness (QED) is 0.415. The van der Waals surface area contributed by atoms with Crippen molar-refractivity contribution in [2.75, 3.05) is 59.6 Å². The largest absolute Gasteiger partial charge is 0.494 e. The Balaban J connectivity index is 1.81. The van der Waals surface area contributed by atoms with Crippen molar-refractivity contribution in [3.63, 3.8) is 0 Å². The van der Waals surface area contributed by atoms with Crippen molar-refractivity contribution in [2.45, 2.75) is 26.8 Å². The standard InChI is InChI=1S/C20H34N4O2/c1-4-21-20(22-11-6-12-24-13-15-25-16-14-24)23(3)17-18-7-9-19(10-8-18)26-5-2/h7-10H,4-6,11-17H2,1-3H3,(H,21,22). The maximum Gasteiger partial charge on any atom is 0.193 e. The molecule has 1 aliphatic heterocycles. The molecular formula is C20H34N4O2. The average Bonchev–Trinajstić information content (AvgIpc) is 2.67. The number of nitrogens with zero attached hydrogens (tertiary/aromatic N) is 3. The van der Waals surface area contributed by atoms with E-state index in [1.165, 1.54) is 5.56 Å². The van der Waals surface area contributed by atoms with E-state index in [1.807, 2.05) is 19.1 Å². The molecule has 1 fully saturated rings. The molecule has 0 atom stereocenters. The van der Waals surface area contributed by atoms with Gasteiger partial charge in [-0.2, -0.15) is 0 Å². The molecule has 0 spiro atoms. The molecule has 0 aliphatic carbocycles. The average molecular weight is 363 g/mol. The molecule has 1 aromatic carbocycles. The molecule has 146 valence electrons. The summed E-state index contributed by atoms with van der Waals surface area (Å²) in [4.78, 5) is 9.42. The number of morpholine rings is 1. The van der Waals surface area contributed by atoms with Gasteiger partial charge in [-0.05, 0) is 38.0 Å². The lowest BCUT2D eigenvalue weighted by Crippen LogP contribution is -2.39. The van der Waals surface area contributed by atoms with Crippen LogP contribution in [0.3, 0.4) is 0 Å². The minimum absolute atomic E-state index is 0.695. The van der Waals surface area contributed by atoms with E-state index >= 15 is 0 Å². The smallest absolute Gasteiger partial charge is 0.193 e. The number of hydrogen-bond acceptors (Lipinski definition) is 4. The SMILES string of the molecule is CCNC(=NCCCN1CCOCC1)N(C)Cc1ccc(OCC)cc1. The Kier molecular flexibility index (Phi) is 9.28. The molecule has 0 bridgehead atoms. The van der Waals surface area contributed by atoms with Gasteiger partial charge in [-0.15, -0.1) is 0 Å². The van der Waals surface area contributed by atoms with Gasteiger partial charge in [0.1, 0.15) is 5.75 Å². The van der Waals surface area contributed by atoms with Gasteiger partial charge in [0.05, 0.1) is 19.8 Å². The van der Waals surface area contributed by atoms with Gasteiger partial charge in [-0.1, -0.05) is 12.1 Å². The summed E-state index contributed by atoms with van der Waals surface area (Å²) in [6.07, 6.45) is 1.08.